The van der Waals surface area contributed by atoms with E-state index in [0.717, 1.165) is 44.4 Å². The van der Waals surface area contributed by atoms with E-state index in [0.29, 0.717) is 44.5 Å². The highest BCUT2D eigenvalue weighted by Gasteiger charge is 2.40. The van der Waals surface area contributed by atoms with Gasteiger partial charge < -0.3 is 30.2 Å². The van der Waals surface area contributed by atoms with Crippen LogP contribution in [0.1, 0.15) is 60.7 Å². The van der Waals surface area contributed by atoms with E-state index in [2.05, 4.69) is 47.8 Å². The molecule has 5 aromatic rings. The normalized spacial score (nSPS) is 19.1. The summed E-state index contributed by atoms with van der Waals surface area (Å²) in [5.41, 5.74) is 13.6. The Kier molecular flexibility index (Phi) is 11.4. The fourth-order valence-corrected chi connectivity index (χ4v) is 8.89. The van der Waals surface area contributed by atoms with E-state index in [1.807, 2.05) is 47.3 Å². The predicted octanol–water partition coefficient (Wildman–Crippen LogP) is 6.85. The van der Waals surface area contributed by atoms with E-state index in [1.165, 1.54) is 5.01 Å². The summed E-state index contributed by atoms with van der Waals surface area (Å²) < 4.78 is 15.6. The van der Waals surface area contributed by atoms with Gasteiger partial charge in [0.15, 0.2) is 0 Å². The van der Waals surface area contributed by atoms with Crippen LogP contribution in [-0.4, -0.2) is 73.0 Å². The topological polar surface area (TPSA) is 152 Å². The number of hydrogen-bond acceptors (Lipinski definition) is 9. The number of hydrogen-bond donors (Lipinski definition) is 3. The maximum Gasteiger partial charge on any atom is 0.326 e. The molecule has 56 heavy (non-hydrogen) atoms. The lowest BCUT2D eigenvalue weighted by atomic mass is 9.84. The molecule has 0 spiro atoms. The van der Waals surface area contributed by atoms with Gasteiger partial charge in [0, 0.05) is 89.4 Å². The SMILES string of the molecule is CCn1c(-c2cnccc2COC)c2c3cc(ccc31)-c1cc(O)cc(c1)C[C@H](NC(=O)c1ccccc1N)C(=O)N1CCCC(C(=O)OCC(C)(C)C2)N1I. The number of aromatic nitrogens is 2. The van der Waals surface area contributed by atoms with Crippen molar-refractivity contribution < 1.29 is 29.0 Å². The largest absolute Gasteiger partial charge is 0.508 e. The Morgan fingerprint density at radius 2 is 1.91 bits per heavy atom. The molecule has 0 aliphatic carbocycles. The molecular weight excluding hydrogens is 823 g/mol. The molecule has 2 aliphatic heterocycles. The van der Waals surface area contributed by atoms with Crippen LogP contribution in [0.3, 0.4) is 0 Å². The number of aromatic hydroxyl groups is 1. The Balaban J connectivity index is 1.40. The van der Waals surface area contributed by atoms with Crippen molar-refractivity contribution in [3.8, 4) is 28.1 Å². The van der Waals surface area contributed by atoms with Crippen LogP contribution in [0.4, 0.5) is 5.69 Å². The van der Waals surface area contributed by atoms with Crippen molar-refractivity contribution in [1.29, 1.82) is 0 Å². The molecule has 2 aliphatic rings. The van der Waals surface area contributed by atoms with Crippen LogP contribution in [0.5, 0.6) is 5.75 Å². The number of para-hydroxylation sites is 1. The average Bonchev–Trinajstić information content (AvgIpc) is 3.47. The fraction of sp³-hybridized carbons (Fsp3) is 0.349. The number of anilines is 1. The molecule has 292 valence electrons. The molecular formula is C43H47IN6O6. The number of esters is 1. The molecule has 1 unspecified atom stereocenters. The molecule has 12 nitrogen and oxygen atoms in total. The highest BCUT2D eigenvalue weighted by Crippen LogP contribution is 2.41. The van der Waals surface area contributed by atoms with Gasteiger partial charge in [0.2, 0.25) is 0 Å². The number of ether oxygens (including phenoxy) is 2. The van der Waals surface area contributed by atoms with E-state index >= 15 is 0 Å². The quantitative estimate of drug-likeness (QED) is 0.0721. The first-order chi connectivity index (χ1) is 26.9. The van der Waals surface area contributed by atoms with E-state index in [-0.39, 0.29) is 30.0 Å². The smallest absolute Gasteiger partial charge is 0.326 e. The van der Waals surface area contributed by atoms with E-state index in [4.69, 9.17) is 15.2 Å². The molecule has 0 saturated carbocycles. The van der Waals surface area contributed by atoms with Crippen LogP contribution in [-0.2, 0) is 45.1 Å². The summed E-state index contributed by atoms with van der Waals surface area (Å²) in [7, 11) is 1.68. The van der Waals surface area contributed by atoms with E-state index in [1.54, 1.807) is 52.9 Å². The summed E-state index contributed by atoms with van der Waals surface area (Å²) in [4.78, 5) is 46.6. The number of amides is 2. The zero-order valence-corrected chi connectivity index (χ0v) is 34.2. The van der Waals surface area contributed by atoms with Gasteiger partial charge in [0.25, 0.3) is 11.8 Å². The number of nitrogens with one attached hydrogen (secondary N) is 1. The number of cyclic esters (lactones) is 1. The summed E-state index contributed by atoms with van der Waals surface area (Å²) in [6, 6.07) is 18.4. The number of aryl methyl sites for hydroxylation is 1. The van der Waals surface area contributed by atoms with Crippen LogP contribution in [0, 0.1) is 5.41 Å². The molecule has 7 rings (SSSR count). The summed E-state index contributed by atoms with van der Waals surface area (Å²) in [6.07, 6.45) is 5.36. The number of pyridine rings is 1. The monoisotopic (exact) mass is 870 g/mol. The Morgan fingerprint density at radius 1 is 1.11 bits per heavy atom. The van der Waals surface area contributed by atoms with Crippen LogP contribution >= 0.6 is 22.9 Å². The highest BCUT2D eigenvalue weighted by molar-refractivity contribution is 14.1. The minimum atomic E-state index is -1.06. The number of methoxy groups -OCH3 is 1. The lowest BCUT2D eigenvalue weighted by Crippen LogP contribution is -2.59. The van der Waals surface area contributed by atoms with Crippen molar-refractivity contribution in [3.63, 3.8) is 0 Å². The van der Waals surface area contributed by atoms with Crippen LogP contribution in [0.25, 0.3) is 33.3 Å². The lowest BCUT2D eigenvalue weighted by Gasteiger charge is -2.40. The minimum Gasteiger partial charge on any atom is -0.508 e. The van der Waals surface area contributed by atoms with Crippen LogP contribution < -0.4 is 11.1 Å². The number of nitrogens with zero attached hydrogens (tertiary/aromatic N) is 4. The molecule has 1 fully saturated rings. The van der Waals surface area contributed by atoms with Gasteiger partial charge >= 0.3 is 5.97 Å². The number of fused-ring (bicyclic) bond motifs is 6. The number of benzene rings is 3. The third kappa shape index (κ3) is 7.84. The van der Waals surface area contributed by atoms with Crippen molar-refractivity contribution in [2.45, 2.75) is 71.7 Å². The second kappa shape index (κ2) is 16.2. The van der Waals surface area contributed by atoms with Gasteiger partial charge in [-0.25, -0.2) is 0 Å². The summed E-state index contributed by atoms with van der Waals surface area (Å²) in [5.74, 6) is -1.29. The van der Waals surface area contributed by atoms with Gasteiger partial charge in [-0.3, -0.25) is 24.4 Å². The molecule has 4 N–H and O–H groups in total. The average molecular weight is 871 g/mol. The lowest BCUT2D eigenvalue weighted by molar-refractivity contribution is -0.162. The molecule has 2 amide bonds. The second-order valence-electron chi connectivity index (χ2n) is 15.3. The van der Waals surface area contributed by atoms with Gasteiger partial charge in [-0.15, -0.1) is 3.22 Å². The van der Waals surface area contributed by atoms with Gasteiger partial charge in [0.05, 0.1) is 24.5 Å². The number of phenols is 1. The number of carbonyl (C=O) groups excluding carboxylic acids is 3. The summed E-state index contributed by atoms with van der Waals surface area (Å²) in [5, 5.41) is 16.6. The molecule has 13 heteroatoms. The number of carbonyl (C=O) groups is 3. The van der Waals surface area contributed by atoms with Gasteiger partial charge in [-0.2, -0.15) is 0 Å². The summed E-state index contributed by atoms with van der Waals surface area (Å²) >= 11 is 2.00. The Labute approximate surface area is 340 Å². The maximum absolute atomic E-state index is 14.5. The van der Waals surface area contributed by atoms with Gasteiger partial charge in [-0.1, -0.05) is 38.1 Å². The van der Waals surface area contributed by atoms with E-state index in [9.17, 15) is 19.5 Å². The third-order valence-electron chi connectivity index (χ3n) is 10.6. The Bertz CT molecular complexity index is 2310. The van der Waals surface area contributed by atoms with Crippen molar-refractivity contribution in [1.82, 2.24) is 23.1 Å². The maximum atomic E-state index is 14.5. The van der Waals surface area contributed by atoms with Crippen molar-refractivity contribution in [2.75, 3.05) is 26.0 Å². The predicted molar refractivity (Wildman–Crippen MR) is 224 cm³/mol. The summed E-state index contributed by atoms with van der Waals surface area (Å²) in [6.45, 7) is 7.90. The van der Waals surface area contributed by atoms with Crippen molar-refractivity contribution >= 4 is 57.2 Å². The van der Waals surface area contributed by atoms with Crippen molar-refractivity contribution in [3.05, 3.63) is 101 Å². The number of nitrogen functional groups attached to an aromatic ring is 1. The molecule has 2 atom stereocenters. The zero-order valence-electron chi connectivity index (χ0n) is 32.0. The highest BCUT2D eigenvalue weighted by atomic mass is 127. The first kappa shape index (κ1) is 39.3. The molecule has 6 bridgehead atoms. The molecule has 2 aromatic heterocycles. The first-order valence-electron chi connectivity index (χ1n) is 18.9. The Morgan fingerprint density at radius 3 is 2.68 bits per heavy atom. The van der Waals surface area contributed by atoms with Gasteiger partial charge in [-0.05, 0) is 96.5 Å². The first-order valence-corrected chi connectivity index (χ1v) is 19.8. The number of phenolic OH excluding ortho intramolecular Hbond substituents is 1. The van der Waals surface area contributed by atoms with Crippen molar-refractivity contribution in [2.24, 2.45) is 5.41 Å². The molecule has 3 aromatic carbocycles. The fourth-order valence-electron chi connectivity index (χ4n) is 7.96. The number of rotatable bonds is 6. The number of hydrazine groups is 1. The second-order valence-corrected chi connectivity index (χ2v) is 16.3. The van der Waals surface area contributed by atoms with Crippen LogP contribution in [0.15, 0.2) is 79.1 Å². The number of halogens is 1. The van der Waals surface area contributed by atoms with Gasteiger partial charge in [0.1, 0.15) is 17.8 Å². The van der Waals surface area contributed by atoms with Crippen LogP contribution in [0.2, 0.25) is 0 Å². The number of nitrogens with two attached hydrogens (primary N) is 1. The zero-order chi connectivity index (χ0) is 39.7. The minimum absolute atomic E-state index is 0.0286. The third-order valence-corrected chi connectivity index (χ3v) is 11.8. The van der Waals surface area contributed by atoms with E-state index < -0.39 is 35.3 Å². The molecule has 1 saturated heterocycles. The molecule has 0 radical (unpaired) electrons. The standard InChI is InChI=1S/C43H47IN6O6/c1-5-48-37-13-12-27-21-32(37)33(39(48)34-23-46-15-14-28(34)24-55-4)22-43(2,3)25-56-42(54)38-11-8-16-49(50(38)44)41(53)36(19-26-17-29(27)20-30(51)18-26)47-40(52)31-9-6-7-10-35(31)45/h6-7,9-10,12-15,17-18,20-21,23,36,38,51H,5,8,11,16,19,22,24-25,45H2,1-4H3,(H,47,52)/t36-,38?/m0/s1. The molecule has 4 heterocycles. The Hall–Kier alpha value is -4.99.